The van der Waals surface area contributed by atoms with Crippen LogP contribution in [0.15, 0.2) is 85.2 Å². The van der Waals surface area contributed by atoms with Gasteiger partial charge in [-0.2, -0.15) is 9.90 Å². The van der Waals surface area contributed by atoms with Crippen LogP contribution in [0.5, 0.6) is 0 Å². The lowest BCUT2D eigenvalue weighted by Gasteiger charge is -2.18. The number of aliphatic carboxylic acids is 1. The monoisotopic (exact) mass is 466 g/mol. The van der Waals surface area contributed by atoms with Crippen LogP contribution >= 0.6 is 0 Å². The molecule has 0 aliphatic rings. The lowest BCUT2D eigenvalue weighted by Crippen LogP contribution is -2.15. The molecule has 0 aliphatic heterocycles. The van der Waals surface area contributed by atoms with Crippen molar-refractivity contribution in [2.75, 3.05) is 5.32 Å². The SMILES string of the molecule is Cc1nn(-c2ccccc2)nc1C(=O)Nc1ccc2ncn(C(CC(=O)O)c3ccccc3)c2c1. The second kappa shape index (κ2) is 9.22. The highest BCUT2D eigenvalue weighted by molar-refractivity contribution is 6.04. The summed E-state index contributed by atoms with van der Waals surface area (Å²) in [5.74, 6) is -1.30. The molecule has 0 fully saturated rings. The van der Waals surface area contributed by atoms with E-state index in [1.54, 1.807) is 31.5 Å². The first-order chi connectivity index (χ1) is 17.0. The Morgan fingerprint density at radius 2 is 1.69 bits per heavy atom. The van der Waals surface area contributed by atoms with Gasteiger partial charge in [0.2, 0.25) is 0 Å². The molecule has 0 spiro atoms. The van der Waals surface area contributed by atoms with E-state index in [1.165, 1.54) is 4.80 Å². The molecule has 9 heteroatoms. The van der Waals surface area contributed by atoms with Gasteiger partial charge in [0.25, 0.3) is 5.91 Å². The van der Waals surface area contributed by atoms with Gasteiger partial charge in [0.05, 0.1) is 41.2 Å². The van der Waals surface area contributed by atoms with Crippen LogP contribution in [0, 0.1) is 6.92 Å². The number of amides is 1. The summed E-state index contributed by atoms with van der Waals surface area (Å²) in [5, 5.41) is 21.1. The lowest BCUT2D eigenvalue weighted by atomic mass is 10.0. The second-order valence-corrected chi connectivity index (χ2v) is 8.09. The van der Waals surface area contributed by atoms with Gasteiger partial charge in [-0.15, -0.1) is 5.10 Å². The number of carboxylic acid groups (broad SMARTS) is 1. The number of anilines is 1. The van der Waals surface area contributed by atoms with Crippen LogP contribution in [0.25, 0.3) is 16.7 Å². The van der Waals surface area contributed by atoms with Crippen molar-refractivity contribution in [3.8, 4) is 5.69 Å². The topological polar surface area (TPSA) is 115 Å². The molecule has 0 radical (unpaired) electrons. The first-order valence-corrected chi connectivity index (χ1v) is 11.0. The van der Waals surface area contributed by atoms with Gasteiger partial charge in [0.1, 0.15) is 0 Å². The maximum atomic E-state index is 13.0. The molecule has 2 heterocycles. The summed E-state index contributed by atoms with van der Waals surface area (Å²) in [6.07, 6.45) is 1.53. The molecule has 1 atom stereocenters. The Balaban J connectivity index is 1.45. The van der Waals surface area contributed by atoms with Crippen LogP contribution in [0.2, 0.25) is 0 Å². The van der Waals surface area contributed by atoms with Crippen molar-refractivity contribution in [1.82, 2.24) is 24.5 Å². The van der Waals surface area contributed by atoms with Crippen molar-refractivity contribution in [2.24, 2.45) is 0 Å². The predicted molar refractivity (Wildman–Crippen MR) is 131 cm³/mol. The Morgan fingerprint density at radius 1 is 0.971 bits per heavy atom. The number of para-hydroxylation sites is 1. The molecular weight excluding hydrogens is 444 g/mol. The molecule has 5 rings (SSSR count). The van der Waals surface area contributed by atoms with E-state index >= 15 is 0 Å². The number of carbonyl (C=O) groups is 2. The van der Waals surface area contributed by atoms with E-state index in [0.717, 1.165) is 11.3 Å². The fraction of sp³-hybridized carbons (Fsp3) is 0.115. The summed E-state index contributed by atoms with van der Waals surface area (Å²) in [7, 11) is 0. The minimum Gasteiger partial charge on any atom is -0.481 e. The van der Waals surface area contributed by atoms with Gasteiger partial charge < -0.3 is 15.0 Å². The molecule has 0 bridgehead atoms. The number of fused-ring (bicyclic) bond motifs is 1. The molecule has 174 valence electrons. The summed E-state index contributed by atoms with van der Waals surface area (Å²) >= 11 is 0. The van der Waals surface area contributed by atoms with Gasteiger partial charge in [0, 0.05) is 5.69 Å². The zero-order valence-electron chi connectivity index (χ0n) is 18.9. The Hall–Kier alpha value is -4.79. The molecule has 3 aromatic carbocycles. The van der Waals surface area contributed by atoms with E-state index in [4.69, 9.17) is 0 Å². The largest absolute Gasteiger partial charge is 0.481 e. The molecule has 0 aliphatic carbocycles. The van der Waals surface area contributed by atoms with E-state index < -0.39 is 12.0 Å². The third-order valence-electron chi connectivity index (χ3n) is 5.71. The van der Waals surface area contributed by atoms with E-state index in [9.17, 15) is 14.7 Å². The number of aromatic nitrogens is 5. The van der Waals surface area contributed by atoms with Crippen molar-refractivity contribution in [3.63, 3.8) is 0 Å². The highest BCUT2D eigenvalue weighted by Crippen LogP contribution is 2.28. The first-order valence-electron chi connectivity index (χ1n) is 11.0. The normalized spacial score (nSPS) is 11.9. The van der Waals surface area contributed by atoms with Gasteiger partial charge in [-0.1, -0.05) is 48.5 Å². The fourth-order valence-electron chi connectivity index (χ4n) is 4.03. The molecule has 2 N–H and O–H groups in total. The van der Waals surface area contributed by atoms with Crippen molar-refractivity contribution < 1.29 is 14.7 Å². The van der Waals surface area contributed by atoms with Crippen molar-refractivity contribution in [2.45, 2.75) is 19.4 Å². The number of carbonyl (C=O) groups excluding carboxylic acids is 1. The summed E-state index contributed by atoms with van der Waals surface area (Å²) in [4.78, 5) is 30.5. The molecule has 0 saturated heterocycles. The second-order valence-electron chi connectivity index (χ2n) is 8.09. The minimum atomic E-state index is -0.915. The molecular formula is C26H22N6O3. The van der Waals surface area contributed by atoms with Crippen LogP contribution in [-0.4, -0.2) is 41.5 Å². The van der Waals surface area contributed by atoms with Gasteiger partial charge in [-0.05, 0) is 42.8 Å². The van der Waals surface area contributed by atoms with E-state index in [-0.39, 0.29) is 18.0 Å². The number of nitrogens with one attached hydrogen (secondary N) is 1. The maximum absolute atomic E-state index is 13.0. The average Bonchev–Trinajstić information content (AvgIpc) is 3.47. The number of carboxylic acids is 1. The molecule has 9 nitrogen and oxygen atoms in total. The van der Waals surface area contributed by atoms with Crippen molar-refractivity contribution >= 4 is 28.6 Å². The van der Waals surface area contributed by atoms with Crippen LogP contribution in [-0.2, 0) is 4.79 Å². The van der Waals surface area contributed by atoms with Gasteiger partial charge in [-0.3, -0.25) is 9.59 Å². The highest BCUT2D eigenvalue weighted by atomic mass is 16.4. The Morgan fingerprint density at radius 3 is 2.40 bits per heavy atom. The molecule has 35 heavy (non-hydrogen) atoms. The van der Waals surface area contributed by atoms with E-state index in [0.29, 0.717) is 22.4 Å². The number of hydrogen-bond donors (Lipinski definition) is 2. The number of benzene rings is 3. The number of nitrogens with zero attached hydrogens (tertiary/aromatic N) is 5. The molecule has 2 aromatic heterocycles. The number of hydrogen-bond acceptors (Lipinski definition) is 5. The highest BCUT2D eigenvalue weighted by Gasteiger charge is 2.21. The van der Waals surface area contributed by atoms with Crippen molar-refractivity contribution in [1.29, 1.82) is 0 Å². The van der Waals surface area contributed by atoms with Gasteiger partial charge in [0.15, 0.2) is 5.69 Å². The van der Waals surface area contributed by atoms with Crippen LogP contribution < -0.4 is 5.32 Å². The summed E-state index contributed by atoms with van der Waals surface area (Å²) in [6, 6.07) is 23.7. The van der Waals surface area contributed by atoms with E-state index in [1.807, 2.05) is 65.2 Å². The Bertz CT molecular complexity index is 1510. The quantitative estimate of drug-likeness (QED) is 0.371. The fourth-order valence-corrected chi connectivity index (χ4v) is 4.03. The average molecular weight is 467 g/mol. The first kappa shape index (κ1) is 22.0. The number of imidazole rings is 1. The van der Waals surface area contributed by atoms with Gasteiger partial charge >= 0.3 is 5.97 Å². The molecule has 1 unspecified atom stereocenters. The lowest BCUT2D eigenvalue weighted by molar-refractivity contribution is -0.137. The smallest absolute Gasteiger partial charge is 0.305 e. The maximum Gasteiger partial charge on any atom is 0.305 e. The zero-order valence-corrected chi connectivity index (χ0v) is 18.9. The third kappa shape index (κ3) is 4.51. The van der Waals surface area contributed by atoms with Crippen molar-refractivity contribution in [3.05, 3.63) is 102 Å². The van der Waals surface area contributed by atoms with Crippen LogP contribution in [0.1, 0.15) is 34.2 Å². The summed E-state index contributed by atoms with van der Waals surface area (Å²) in [6.45, 7) is 1.73. The summed E-state index contributed by atoms with van der Waals surface area (Å²) < 4.78 is 1.82. The Labute approximate surface area is 200 Å². The molecule has 0 saturated carbocycles. The standard InChI is InChI=1S/C26H22N6O3/c1-17-25(30-32(29-17)20-10-6-3-7-11-20)26(35)28-19-12-13-21-23(14-19)31(16-27-21)22(15-24(33)34)18-8-4-2-5-9-18/h2-14,16,22H,15H2,1H3,(H,28,35)(H,33,34). The molecule has 5 aromatic rings. The van der Waals surface area contributed by atoms with Crippen LogP contribution in [0.4, 0.5) is 5.69 Å². The number of aryl methyl sites for hydroxylation is 1. The van der Waals surface area contributed by atoms with Crippen LogP contribution in [0.3, 0.4) is 0 Å². The number of rotatable bonds is 7. The summed E-state index contributed by atoms with van der Waals surface area (Å²) in [5.41, 5.74) is 4.28. The van der Waals surface area contributed by atoms with E-state index in [2.05, 4.69) is 20.5 Å². The third-order valence-corrected chi connectivity index (χ3v) is 5.71. The minimum absolute atomic E-state index is 0.103. The molecule has 1 amide bonds. The van der Waals surface area contributed by atoms with Gasteiger partial charge in [-0.25, -0.2) is 4.98 Å². The predicted octanol–water partition coefficient (Wildman–Crippen LogP) is 4.24. The Kier molecular flexibility index (Phi) is 5.80. The zero-order chi connectivity index (χ0) is 24.4.